The minimum absolute atomic E-state index is 0. The number of nitrogens with one attached hydrogen (secondary N) is 1. The summed E-state index contributed by atoms with van der Waals surface area (Å²) in [5, 5.41) is 5.03. The fourth-order valence-corrected chi connectivity index (χ4v) is 2.61. The lowest BCUT2D eigenvalue weighted by molar-refractivity contribution is -0.00000296. The van der Waals surface area contributed by atoms with E-state index in [1.807, 2.05) is 18.2 Å². The molecule has 0 radical (unpaired) electrons. The molecule has 1 aromatic rings. The average Bonchev–Trinajstić information content (AvgIpc) is 2.70. The second-order valence-electron chi connectivity index (χ2n) is 4.06. The standard InChI is InChI=1S/C12H15Cl2N.ClH/c13-11-6-3-7-12(14)10(11)8-15-9-4-1-2-5-9;/h3,6-7,9,15H,1-2,4-5,8H2;1H/p-1. The van der Waals surface area contributed by atoms with Crippen LogP contribution in [-0.4, -0.2) is 6.04 Å². The summed E-state index contributed by atoms with van der Waals surface area (Å²) in [6.45, 7) is 0.781. The molecular weight excluding hydrogens is 264 g/mol. The van der Waals surface area contributed by atoms with E-state index in [-0.39, 0.29) is 12.4 Å². The SMILES string of the molecule is Clc1cccc(Cl)c1CNC1CCCC1.[Cl-]. The second-order valence-corrected chi connectivity index (χ2v) is 4.88. The van der Waals surface area contributed by atoms with E-state index in [0.717, 1.165) is 22.2 Å². The molecule has 0 unspecified atom stereocenters. The monoisotopic (exact) mass is 278 g/mol. The Balaban J connectivity index is 0.00000128. The molecule has 2 rings (SSSR count). The molecule has 0 bridgehead atoms. The molecule has 0 heterocycles. The largest absolute Gasteiger partial charge is 1.00 e. The van der Waals surface area contributed by atoms with Gasteiger partial charge in [-0.05, 0) is 25.0 Å². The van der Waals surface area contributed by atoms with Gasteiger partial charge in [0.15, 0.2) is 0 Å². The van der Waals surface area contributed by atoms with Crippen LogP contribution in [0.15, 0.2) is 18.2 Å². The molecule has 1 fully saturated rings. The Kier molecular flexibility index (Phi) is 5.91. The summed E-state index contributed by atoms with van der Waals surface area (Å²) in [5.74, 6) is 0. The zero-order valence-electron chi connectivity index (χ0n) is 8.98. The topological polar surface area (TPSA) is 12.0 Å². The van der Waals surface area contributed by atoms with E-state index >= 15 is 0 Å². The molecule has 0 amide bonds. The van der Waals surface area contributed by atoms with Gasteiger partial charge in [-0.25, -0.2) is 0 Å². The fourth-order valence-electron chi connectivity index (χ4n) is 2.08. The zero-order valence-corrected chi connectivity index (χ0v) is 11.2. The van der Waals surface area contributed by atoms with Gasteiger partial charge in [0.2, 0.25) is 0 Å². The van der Waals surface area contributed by atoms with E-state index in [9.17, 15) is 0 Å². The molecule has 0 spiro atoms. The van der Waals surface area contributed by atoms with Crippen molar-refractivity contribution in [3.8, 4) is 0 Å². The van der Waals surface area contributed by atoms with E-state index in [0.29, 0.717) is 6.04 Å². The summed E-state index contributed by atoms with van der Waals surface area (Å²) in [6, 6.07) is 6.31. The molecule has 1 saturated carbocycles. The third-order valence-corrected chi connectivity index (χ3v) is 3.69. The Hall–Kier alpha value is 0.0500. The summed E-state index contributed by atoms with van der Waals surface area (Å²) >= 11 is 12.2. The highest BCUT2D eigenvalue weighted by molar-refractivity contribution is 6.35. The van der Waals surface area contributed by atoms with Gasteiger partial charge < -0.3 is 17.7 Å². The van der Waals surface area contributed by atoms with Crippen LogP contribution in [0.3, 0.4) is 0 Å². The van der Waals surface area contributed by atoms with Gasteiger partial charge in [0, 0.05) is 28.2 Å². The zero-order chi connectivity index (χ0) is 10.7. The maximum absolute atomic E-state index is 6.09. The lowest BCUT2D eigenvalue weighted by Crippen LogP contribution is -3.00. The first-order chi connectivity index (χ1) is 7.27. The number of hydrogen-bond acceptors (Lipinski definition) is 1. The number of hydrogen-bond donors (Lipinski definition) is 1. The summed E-state index contributed by atoms with van der Waals surface area (Å²) in [7, 11) is 0. The van der Waals surface area contributed by atoms with Crippen LogP contribution in [0.1, 0.15) is 31.2 Å². The van der Waals surface area contributed by atoms with Crippen molar-refractivity contribution in [3.63, 3.8) is 0 Å². The maximum Gasteiger partial charge on any atom is 0.0465 e. The smallest absolute Gasteiger partial charge is 0.0465 e. The van der Waals surface area contributed by atoms with E-state index in [4.69, 9.17) is 23.2 Å². The van der Waals surface area contributed by atoms with Crippen LogP contribution in [-0.2, 0) is 6.54 Å². The van der Waals surface area contributed by atoms with Crippen molar-refractivity contribution in [1.82, 2.24) is 5.32 Å². The highest BCUT2D eigenvalue weighted by Gasteiger charge is 2.15. The van der Waals surface area contributed by atoms with Gasteiger partial charge in [-0.15, -0.1) is 0 Å². The number of halogens is 3. The van der Waals surface area contributed by atoms with Crippen molar-refractivity contribution in [2.75, 3.05) is 0 Å². The first kappa shape index (κ1) is 14.1. The lowest BCUT2D eigenvalue weighted by Gasteiger charge is -2.13. The molecule has 1 aliphatic carbocycles. The van der Waals surface area contributed by atoms with Crippen molar-refractivity contribution >= 4 is 23.2 Å². The molecule has 0 aromatic heterocycles. The molecule has 0 aliphatic heterocycles. The summed E-state index contributed by atoms with van der Waals surface area (Å²) in [5.41, 5.74) is 1.02. The Morgan fingerprint density at radius 2 is 1.69 bits per heavy atom. The van der Waals surface area contributed by atoms with Crippen LogP contribution >= 0.6 is 23.2 Å². The van der Waals surface area contributed by atoms with Crippen LogP contribution in [0.25, 0.3) is 0 Å². The summed E-state index contributed by atoms with van der Waals surface area (Å²) < 4.78 is 0. The van der Waals surface area contributed by atoms with Gasteiger partial charge >= 0.3 is 0 Å². The van der Waals surface area contributed by atoms with E-state index in [1.165, 1.54) is 25.7 Å². The summed E-state index contributed by atoms with van der Waals surface area (Å²) in [4.78, 5) is 0. The van der Waals surface area contributed by atoms with Crippen LogP contribution in [0, 0.1) is 0 Å². The third-order valence-electron chi connectivity index (χ3n) is 2.98. The molecule has 0 saturated heterocycles. The quantitative estimate of drug-likeness (QED) is 0.871. The van der Waals surface area contributed by atoms with Crippen LogP contribution in [0.4, 0.5) is 0 Å². The minimum Gasteiger partial charge on any atom is -1.00 e. The fraction of sp³-hybridized carbons (Fsp3) is 0.500. The normalized spacial score (nSPS) is 16.1. The lowest BCUT2D eigenvalue weighted by atomic mass is 10.2. The molecule has 1 aromatic carbocycles. The number of benzene rings is 1. The molecule has 4 heteroatoms. The highest BCUT2D eigenvalue weighted by Crippen LogP contribution is 2.25. The Morgan fingerprint density at radius 3 is 2.25 bits per heavy atom. The second kappa shape index (κ2) is 6.70. The van der Waals surface area contributed by atoms with Gasteiger partial charge in [-0.3, -0.25) is 0 Å². The molecule has 0 atom stereocenters. The third kappa shape index (κ3) is 3.53. The molecular formula is C12H15Cl3N-. The van der Waals surface area contributed by atoms with Gasteiger partial charge in [0.1, 0.15) is 0 Å². The molecule has 1 N–H and O–H groups in total. The first-order valence-electron chi connectivity index (χ1n) is 5.43. The van der Waals surface area contributed by atoms with Gasteiger partial charge in [0.05, 0.1) is 0 Å². The van der Waals surface area contributed by atoms with Crippen LogP contribution in [0.5, 0.6) is 0 Å². The molecule has 90 valence electrons. The predicted molar refractivity (Wildman–Crippen MR) is 65.6 cm³/mol. The molecule has 1 nitrogen and oxygen atoms in total. The van der Waals surface area contributed by atoms with Crippen molar-refractivity contribution in [2.45, 2.75) is 38.3 Å². The number of rotatable bonds is 3. The Labute approximate surface area is 113 Å². The van der Waals surface area contributed by atoms with Crippen molar-refractivity contribution in [3.05, 3.63) is 33.8 Å². The van der Waals surface area contributed by atoms with Crippen LogP contribution in [0.2, 0.25) is 10.0 Å². The van der Waals surface area contributed by atoms with Crippen molar-refractivity contribution < 1.29 is 12.4 Å². The average molecular weight is 280 g/mol. The summed E-state index contributed by atoms with van der Waals surface area (Å²) in [6.07, 6.45) is 5.24. The minimum atomic E-state index is 0. The first-order valence-corrected chi connectivity index (χ1v) is 6.19. The van der Waals surface area contributed by atoms with E-state index in [2.05, 4.69) is 5.32 Å². The predicted octanol–water partition coefficient (Wildman–Crippen LogP) is 1.03. The maximum atomic E-state index is 6.09. The van der Waals surface area contributed by atoms with Gasteiger partial charge in [0.25, 0.3) is 0 Å². The van der Waals surface area contributed by atoms with Crippen LogP contribution < -0.4 is 17.7 Å². The van der Waals surface area contributed by atoms with E-state index in [1.54, 1.807) is 0 Å². The van der Waals surface area contributed by atoms with Gasteiger partial charge in [-0.1, -0.05) is 42.1 Å². The Morgan fingerprint density at radius 1 is 1.12 bits per heavy atom. The van der Waals surface area contributed by atoms with Crippen molar-refractivity contribution in [2.24, 2.45) is 0 Å². The molecule has 1 aliphatic rings. The highest BCUT2D eigenvalue weighted by atomic mass is 35.5. The van der Waals surface area contributed by atoms with E-state index < -0.39 is 0 Å². The molecule has 16 heavy (non-hydrogen) atoms. The van der Waals surface area contributed by atoms with Crippen molar-refractivity contribution in [1.29, 1.82) is 0 Å². The Bertz CT molecular complexity index is 315. The van der Waals surface area contributed by atoms with Gasteiger partial charge in [-0.2, -0.15) is 0 Å².